The Kier molecular flexibility index (Phi) is 7.25. The summed E-state index contributed by atoms with van der Waals surface area (Å²) >= 11 is 0. The molecule has 2 heteroatoms. The van der Waals surface area contributed by atoms with E-state index in [1.54, 1.807) is 0 Å². The topological polar surface area (TPSA) is 34.1 Å². The maximum absolute atomic E-state index is 11.8. The van der Waals surface area contributed by atoms with Crippen LogP contribution in [-0.2, 0) is 0 Å². The summed E-state index contributed by atoms with van der Waals surface area (Å²) in [5, 5.41) is 0. The van der Waals surface area contributed by atoms with Gasteiger partial charge in [-0.3, -0.25) is 9.59 Å². The molecule has 0 radical (unpaired) electrons. The number of rotatable bonds is 4. The van der Waals surface area contributed by atoms with Gasteiger partial charge in [0.05, 0.1) is 0 Å². The molecule has 0 bridgehead atoms. The highest BCUT2D eigenvalue weighted by atomic mass is 16.1. The SMILES string of the molecule is CC(C)(C)CC(=O)c1ccccc1.O=C(c1ccccc1)c1ccccc1. The van der Waals surface area contributed by atoms with Crippen LogP contribution in [-0.4, -0.2) is 11.6 Å². The molecule has 0 fully saturated rings. The lowest BCUT2D eigenvalue weighted by atomic mass is 9.88. The summed E-state index contributed by atoms with van der Waals surface area (Å²) in [6, 6.07) is 28.1. The van der Waals surface area contributed by atoms with Gasteiger partial charge in [0.15, 0.2) is 11.6 Å². The van der Waals surface area contributed by atoms with Crippen molar-refractivity contribution in [1.82, 2.24) is 0 Å². The molecule has 0 aliphatic carbocycles. The Morgan fingerprint density at radius 3 is 1.26 bits per heavy atom. The Bertz CT molecular complexity index is 804. The third-order valence-electron chi connectivity index (χ3n) is 3.86. The van der Waals surface area contributed by atoms with Crippen molar-refractivity contribution >= 4 is 11.6 Å². The zero-order chi connectivity index (χ0) is 19.7. The molecule has 0 atom stereocenters. The van der Waals surface area contributed by atoms with Crippen molar-refractivity contribution in [2.75, 3.05) is 0 Å². The van der Waals surface area contributed by atoms with Gasteiger partial charge in [-0.15, -0.1) is 0 Å². The quantitative estimate of drug-likeness (QED) is 0.519. The second kappa shape index (κ2) is 9.63. The highest BCUT2D eigenvalue weighted by Crippen LogP contribution is 2.21. The van der Waals surface area contributed by atoms with Crippen LogP contribution in [0, 0.1) is 5.41 Å². The fourth-order valence-corrected chi connectivity index (χ4v) is 2.55. The van der Waals surface area contributed by atoms with Crippen molar-refractivity contribution in [3.8, 4) is 0 Å². The van der Waals surface area contributed by atoms with Crippen LogP contribution in [0.2, 0.25) is 0 Å². The number of hydrogen-bond acceptors (Lipinski definition) is 2. The van der Waals surface area contributed by atoms with Gasteiger partial charge in [0.1, 0.15) is 0 Å². The minimum Gasteiger partial charge on any atom is -0.294 e. The molecule has 2 nitrogen and oxygen atoms in total. The van der Waals surface area contributed by atoms with E-state index in [0.717, 1.165) is 16.7 Å². The average molecular weight is 358 g/mol. The molecular formula is C25H26O2. The first kappa shape index (κ1) is 20.3. The summed E-state index contributed by atoms with van der Waals surface area (Å²) in [6.45, 7) is 6.23. The summed E-state index contributed by atoms with van der Waals surface area (Å²) in [5.74, 6) is 0.305. The second-order valence-electron chi connectivity index (χ2n) is 7.59. The first-order valence-electron chi connectivity index (χ1n) is 9.10. The van der Waals surface area contributed by atoms with Crippen molar-refractivity contribution in [1.29, 1.82) is 0 Å². The molecule has 0 unspecified atom stereocenters. The van der Waals surface area contributed by atoms with E-state index in [2.05, 4.69) is 20.8 Å². The molecule has 27 heavy (non-hydrogen) atoms. The normalized spacial score (nSPS) is 10.5. The summed E-state index contributed by atoms with van der Waals surface area (Å²) in [6.07, 6.45) is 0.608. The van der Waals surface area contributed by atoms with Gasteiger partial charge in [0.2, 0.25) is 0 Å². The number of ketones is 2. The highest BCUT2D eigenvalue weighted by Gasteiger charge is 2.16. The molecular weight excluding hydrogens is 332 g/mol. The Morgan fingerprint density at radius 1 is 0.593 bits per heavy atom. The van der Waals surface area contributed by atoms with Gasteiger partial charge >= 0.3 is 0 Å². The summed E-state index contributed by atoms with van der Waals surface area (Å²) in [7, 11) is 0. The van der Waals surface area contributed by atoms with Crippen molar-refractivity contribution < 1.29 is 9.59 Å². The van der Waals surface area contributed by atoms with E-state index >= 15 is 0 Å². The second-order valence-corrected chi connectivity index (χ2v) is 7.59. The van der Waals surface area contributed by atoms with Gasteiger partial charge in [0, 0.05) is 23.1 Å². The lowest BCUT2D eigenvalue weighted by molar-refractivity contribution is 0.0939. The van der Waals surface area contributed by atoms with Crippen LogP contribution < -0.4 is 0 Å². The number of carbonyl (C=O) groups is 2. The maximum atomic E-state index is 11.8. The van der Waals surface area contributed by atoms with E-state index in [-0.39, 0.29) is 17.0 Å². The van der Waals surface area contributed by atoms with Crippen molar-refractivity contribution in [2.45, 2.75) is 27.2 Å². The first-order valence-corrected chi connectivity index (χ1v) is 9.10. The minimum atomic E-state index is 0.0752. The smallest absolute Gasteiger partial charge is 0.193 e. The Balaban J connectivity index is 0.000000194. The van der Waals surface area contributed by atoms with E-state index in [1.807, 2.05) is 91.0 Å². The van der Waals surface area contributed by atoms with Crippen LogP contribution in [0.15, 0.2) is 91.0 Å². The minimum absolute atomic E-state index is 0.0752. The van der Waals surface area contributed by atoms with E-state index in [1.165, 1.54) is 0 Å². The van der Waals surface area contributed by atoms with Crippen molar-refractivity contribution in [2.24, 2.45) is 5.41 Å². The molecule has 0 amide bonds. The van der Waals surface area contributed by atoms with Gasteiger partial charge in [-0.1, -0.05) is 112 Å². The zero-order valence-corrected chi connectivity index (χ0v) is 16.2. The van der Waals surface area contributed by atoms with Gasteiger partial charge in [-0.25, -0.2) is 0 Å². The van der Waals surface area contributed by atoms with Crippen LogP contribution in [0.4, 0.5) is 0 Å². The fourth-order valence-electron chi connectivity index (χ4n) is 2.55. The third-order valence-corrected chi connectivity index (χ3v) is 3.86. The predicted octanol–water partition coefficient (Wildman–Crippen LogP) is 6.22. The molecule has 0 saturated heterocycles. The van der Waals surface area contributed by atoms with Gasteiger partial charge in [0.25, 0.3) is 0 Å². The lowest BCUT2D eigenvalue weighted by Crippen LogP contribution is -2.12. The number of hydrogen-bond donors (Lipinski definition) is 0. The predicted molar refractivity (Wildman–Crippen MR) is 111 cm³/mol. The molecule has 3 aromatic carbocycles. The van der Waals surface area contributed by atoms with Gasteiger partial charge < -0.3 is 0 Å². The standard InChI is InChI=1S/C13H10O.C12H16O/c14-13(11-7-3-1-4-8-11)12-9-5-2-6-10-12;1-12(2,3)9-11(13)10-7-5-4-6-8-10/h1-10H;4-8H,9H2,1-3H3. The molecule has 138 valence electrons. The number of benzene rings is 3. The highest BCUT2D eigenvalue weighted by molar-refractivity contribution is 6.08. The Hall–Kier alpha value is -3.00. The molecule has 3 aromatic rings. The number of Topliss-reactive ketones (excluding diaryl/α,β-unsaturated/α-hetero) is 1. The van der Waals surface area contributed by atoms with Crippen molar-refractivity contribution in [3.63, 3.8) is 0 Å². The van der Waals surface area contributed by atoms with E-state index in [0.29, 0.717) is 6.42 Å². The fraction of sp³-hybridized carbons (Fsp3) is 0.200. The molecule has 0 spiro atoms. The zero-order valence-electron chi connectivity index (χ0n) is 16.2. The van der Waals surface area contributed by atoms with Crippen molar-refractivity contribution in [3.05, 3.63) is 108 Å². The third kappa shape index (κ3) is 7.02. The van der Waals surface area contributed by atoms with E-state index in [4.69, 9.17) is 0 Å². The molecule has 0 saturated carbocycles. The Morgan fingerprint density at radius 2 is 0.926 bits per heavy atom. The van der Waals surface area contributed by atoms with Gasteiger partial charge in [-0.2, -0.15) is 0 Å². The Labute approximate surface area is 161 Å². The monoisotopic (exact) mass is 358 g/mol. The lowest BCUT2D eigenvalue weighted by Gasteiger charge is -2.16. The van der Waals surface area contributed by atoms with Crippen LogP contribution in [0.25, 0.3) is 0 Å². The van der Waals surface area contributed by atoms with E-state index < -0.39 is 0 Å². The van der Waals surface area contributed by atoms with Gasteiger partial charge in [-0.05, 0) is 5.41 Å². The molecule has 0 aliphatic heterocycles. The molecule has 3 rings (SSSR count). The van der Waals surface area contributed by atoms with Crippen LogP contribution in [0.5, 0.6) is 0 Å². The summed E-state index contributed by atoms with van der Waals surface area (Å²) < 4.78 is 0. The molecule has 0 aliphatic rings. The summed E-state index contributed by atoms with van der Waals surface area (Å²) in [4.78, 5) is 23.5. The molecule has 0 N–H and O–H groups in total. The molecule has 0 aromatic heterocycles. The van der Waals surface area contributed by atoms with Crippen LogP contribution in [0.1, 0.15) is 53.5 Å². The van der Waals surface area contributed by atoms with Crippen LogP contribution in [0.3, 0.4) is 0 Å². The summed E-state index contributed by atoms with van der Waals surface area (Å²) in [5.41, 5.74) is 2.36. The van der Waals surface area contributed by atoms with E-state index in [9.17, 15) is 9.59 Å². The average Bonchev–Trinajstić information content (AvgIpc) is 2.69. The largest absolute Gasteiger partial charge is 0.294 e. The van der Waals surface area contributed by atoms with Crippen LogP contribution >= 0.6 is 0 Å². The number of carbonyl (C=O) groups excluding carboxylic acids is 2. The maximum Gasteiger partial charge on any atom is 0.193 e. The molecule has 0 heterocycles. The first-order chi connectivity index (χ1) is 12.9.